The van der Waals surface area contributed by atoms with Crippen LogP contribution in [-0.2, 0) is 6.54 Å². The van der Waals surface area contributed by atoms with Gasteiger partial charge in [-0.05, 0) is 53.3 Å². The third-order valence-corrected chi connectivity index (χ3v) is 3.60. The lowest BCUT2D eigenvalue weighted by molar-refractivity contribution is 0.471. The molecule has 0 heterocycles. The topological polar surface area (TPSA) is 21.3 Å². The van der Waals surface area contributed by atoms with E-state index >= 15 is 0 Å². The zero-order valence-electron chi connectivity index (χ0n) is 10.2. The van der Waals surface area contributed by atoms with E-state index in [1.807, 2.05) is 25.2 Å². The number of hydrogen-bond acceptors (Lipinski definition) is 2. The molecule has 0 saturated carbocycles. The van der Waals surface area contributed by atoms with Gasteiger partial charge in [0.15, 0.2) is 0 Å². The lowest BCUT2D eigenvalue weighted by atomic mass is 10.2. The van der Waals surface area contributed by atoms with Gasteiger partial charge in [-0.25, -0.2) is 0 Å². The smallest absolute Gasteiger partial charge is 0.141 e. The molecular weight excluding hydrogens is 349 g/mol. The summed E-state index contributed by atoms with van der Waals surface area (Å²) >= 11 is 15.4. The SMILES string of the molecule is CNCc1ccc(Cl)cc1Oc1ccc(Cl)cc1Br. The highest BCUT2D eigenvalue weighted by atomic mass is 79.9. The molecule has 0 unspecified atom stereocenters. The highest BCUT2D eigenvalue weighted by Gasteiger charge is 2.08. The summed E-state index contributed by atoms with van der Waals surface area (Å²) in [6.45, 7) is 0.706. The Hall–Kier alpha value is -0.740. The van der Waals surface area contributed by atoms with Gasteiger partial charge in [-0.15, -0.1) is 0 Å². The molecule has 0 saturated heterocycles. The molecule has 0 bridgehead atoms. The number of halogens is 3. The number of hydrogen-bond donors (Lipinski definition) is 1. The Balaban J connectivity index is 2.33. The Kier molecular flexibility index (Phi) is 5.11. The number of ether oxygens (including phenoxy) is 1. The van der Waals surface area contributed by atoms with E-state index in [0.717, 1.165) is 15.8 Å². The highest BCUT2D eigenvalue weighted by Crippen LogP contribution is 2.34. The zero-order valence-corrected chi connectivity index (χ0v) is 13.3. The van der Waals surface area contributed by atoms with Crippen molar-refractivity contribution in [2.45, 2.75) is 6.54 Å². The van der Waals surface area contributed by atoms with Crippen molar-refractivity contribution >= 4 is 39.1 Å². The Morgan fingerprint density at radius 1 is 1.05 bits per heavy atom. The van der Waals surface area contributed by atoms with Gasteiger partial charge >= 0.3 is 0 Å². The van der Waals surface area contributed by atoms with E-state index in [2.05, 4.69) is 21.2 Å². The van der Waals surface area contributed by atoms with Gasteiger partial charge < -0.3 is 10.1 Å². The second kappa shape index (κ2) is 6.62. The first-order chi connectivity index (χ1) is 9.10. The van der Waals surface area contributed by atoms with E-state index < -0.39 is 0 Å². The molecule has 2 rings (SSSR count). The number of rotatable bonds is 4. The fourth-order valence-corrected chi connectivity index (χ4v) is 2.56. The summed E-state index contributed by atoms with van der Waals surface area (Å²) in [6, 6.07) is 11.0. The molecule has 2 nitrogen and oxygen atoms in total. The van der Waals surface area contributed by atoms with Crippen LogP contribution in [0.4, 0.5) is 0 Å². The molecule has 0 fully saturated rings. The quantitative estimate of drug-likeness (QED) is 0.802. The predicted molar refractivity (Wildman–Crippen MR) is 83.4 cm³/mol. The molecule has 0 spiro atoms. The Morgan fingerprint density at radius 3 is 2.42 bits per heavy atom. The third-order valence-electron chi connectivity index (χ3n) is 2.51. The maximum absolute atomic E-state index is 6.01. The standard InChI is InChI=1S/C14H12BrCl2NO/c1-18-8-9-2-3-11(17)7-14(9)19-13-5-4-10(16)6-12(13)15/h2-7,18H,8H2,1H3. The fourth-order valence-electron chi connectivity index (χ4n) is 1.64. The van der Waals surface area contributed by atoms with Crippen molar-refractivity contribution in [3.63, 3.8) is 0 Å². The van der Waals surface area contributed by atoms with Gasteiger partial charge in [0.1, 0.15) is 11.5 Å². The molecule has 0 atom stereocenters. The summed E-state index contributed by atoms with van der Waals surface area (Å²) in [5.74, 6) is 1.42. The number of nitrogens with one attached hydrogen (secondary N) is 1. The second-order valence-electron chi connectivity index (χ2n) is 3.96. The van der Waals surface area contributed by atoms with Crippen LogP contribution in [0.25, 0.3) is 0 Å². The van der Waals surface area contributed by atoms with E-state index in [4.69, 9.17) is 27.9 Å². The van der Waals surface area contributed by atoms with E-state index in [0.29, 0.717) is 22.3 Å². The Labute approximate surface area is 130 Å². The third kappa shape index (κ3) is 3.86. The van der Waals surface area contributed by atoms with Crippen molar-refractivity contribution in [1.82, 2.24) is 5.32 Å². The van der Waals surface area contributed by atoms with E-state index in [1.54, 1.807) is 18.2 Å². The second-order valence-corrected chi connectivity index (χ2v) is 5.69. The van der Waals surface area contributed by atoms with Crippen LogP contribution in [0.1, 0.15) is 5.56 Å². The first-order valence-electron chi connectivity index (χ1n) is 5.66. The normalized spacial score (nSPS) is 10.5. The van der Waals surface area contributed by atoms with Gasteiger partial charge in [0.2, 0.25) is 0 Å². The molecule has 100 valence electrons. The Morgan fingerprint density at radius 2 is 1.74 bits per heavy atom. The molecule has 0 aliphatic carbocycles. The first-order valence-corrected chi connectivity index (χ1v) is 7.21. The lowest BCUT2D eigenvalue weighted by Crippen LogP contribution is -2.06. The van der Waals surface area contributed by atoms with Crippen molar-refractivity contribution in [3.8, 4) is 11.5 Å². The minimum Gasteiger partial charge on any atom is -0.456 e. The van der Waals surface area contributed by atoms with Gasteiger partial charge in [-0.3, -0.25) is 0 Å². The van der Waals surface area contributed by atoms with Gasteiger partial charge in [-0.1, -0.05) is 29.3 Å². The summed E-state index contributed by atoms with van der Waals surface area (Å²) < 4.78 is 6.70. The van der Waals surface area contributed by atoms with Crippen molar-refractivity contribution < 1.29 is 4.74 Å². The summed E-state index contributed by atoms with van der Waals surface area (Å²) in [6.07, 6.45) is 0. The molecule has 0 amide bonds. The van der Waals surface area contributed by atoms with Crippen LogP contribution in [0.3, 0.4) is 0 Å². The van der Waals surface area contributed by atoms with Crippen LogP contribution in [0.5, 0.6) is 11.5 Å². The van der Waals surface area contributed by atoms with Gasteiger partial charge in [0.05, 0.1) is 4.47 Å². The van der Waals surface area contributed by atoms with Crippen LogP contribution >= 0.6 is 39.1 Å². The first kappa shape index (κ1) is 14.7. The monoisotopic (exact) mass is 359 g/mol. The van der Waals surface area contributed by atoms with E-state index in [1.165, 1.54) is 0 Å². The van der Waals surface area contributed by atoms with Crippen molar-refractivity contribution in [2.24, 2.45) is 0 Å². The zero-order chi connectivity index (χ0) is 13.8. The van der Waals surface area contributed by atoms with Crippen molar-refractivity contribution in [3.05, 3.63) is 56.5 Å². The minimum absolute atomic E-state index is 0.639. The van der Waals surface area contributed by atoms with E-state index in [9.17, 15) is 0 Å². The van der Waals surface area contributed by atoms with Crippen molar-refractivity contribution in [1.29, 1.82) is 0 Å². The van der Waals surface area contributed by atoms with Crippen molar-refractivity contribution in [2.75, 3.05) is 7.05 Å². The van der Waals surface area contributed by atoms with Crippen LogP contribution in [-0.4, -0.2) is 7.05 Å². The summed E-state index contributed by atoms with van der Waals surface area (Å²) in [4.78, 5) is 0. The minimum atomic E-state index is 0.639. The van der Waals surface area contributed by atoms with Gasteiger partial charge in [0.25, 0.3) is 0 Å². The predicted octanol–water partition coefficient (Wildman–Crippen LogP) is 5.27. The number of benzene rings is 2. The van der Waals surface area contributed by atoms with E-state index in [-0.39, 0.29) is 0 Å². The molecule has 19 heavy (non-hydrogen) atoms. The molecular formula is C14H12BrCl2NO. The largest absolute Gasteiger partial charge is 0.456 e. The molecule has 0 aliphatic rings. The maximum atomic E-state index is 6.01. The maximum Gasteiger partial charge on any atom is 0.141 e. The highest BCUT2D eigenvalue weighted by molar-refractivity contribution is 9.10. The summed E-state index contributed by atoms with van der Waals surface area (Å²) in [5.41, 5.74) is 1.04. The molecule has 2 aromatic rings. The molecule has 0 radical (unpaired) electrons. The van der Waals surface area contributed by atoms with Gasteiger partial charge in [0, 0.05) is 22.2 Å². The average Bonchev–Trinajstić information content (AvgIpc) is 2.36. The fraction of sp³-hybridized carbons (Fsp3) is 0.143. The lowest BCUT2D eigenvalue weighted by Gasteiger charge is -2.12. The van der Waals surface area contributed by atoms with Gasteiger partial charge in [-0.2, -0.15) is 0 Å². The molecule has 0 aliphatic heterocycles. The molecule has 0 aromatic heterocycles. The van der Waals surface area contributed by atoms with Crippen LogP contribution in [0.2, 0.25) is 10.0 Å². The average molecular weight is 361 g/mol. The summed E-state index contributed by atoms with van der Waals surface area (Å²) in [7, 11) is 1.89. The Bertz CT molecular complexity index is 590. The van der Waals surface area contributed by atoms with Crippen LogP contribution in [0.15, 0.2) is 40.9 Å². The molecule has 1 N–H and O–H groups in total. The molecule has 2 aromatic carbocycles. The summed E-state index contributed by atoms with van der Waals surface area (Å²) in [5, 5.41) is 4.39. The van der Waals surface area contributed by atoms with Crippen LogP contribution < -0.4 is 10.1 Å². The molecule has 5 heteroatoms. The van der Waals surface area contributed by atoms with Crippen LogP contribution in [0, 0.1) is 0 Å².